The van der Waals surface area contributed by atoms with Gasteiger partial charge in [-0.2, -0.15) is 0 Å². The molecule has 0 spiro atoms. The number of nitrogens with zero attached hydrogens (tertiary/aromatic N) is 1. The normalized spacial score (nSPS) is 10.5. The number of hydrogen-bond donors (Lipinski definition) is 2. The van der Waals surface area contributed by atoms with Crippen molar-refractivity contribution in [1.29, 1.82) is 0 Å². The molecule has 0 radical (unpaired) electrons. The quantitative estimate of drug-likeness (QED) is 0.670. The molecule has 0 aliphatic rings. The van der Waals surface area contributed by atoms with E-state index in [0.717, 1.165) is 27.5 Å². The van der Waals surface area contributed by atoms with Crippen LogP contribution >= 0.6 is 22.9 Å². The number of nitrogens with one attached hydrogen (secondary N) is 1. The number of aromatic nitrogens is 1. The topological polar surface area (TPSA) is 62.2 Å². The molecule has 0 fully saturated rings. The molecule has 122 valence electrons. The molecule has 3 rings (SSSR count). The Hall–Kier alpha value is -2.37. The summed E-state index contributed by atoms with van der Waals surface area (Å²) < 4.78 is 0. The van der Waals surface area contributed by atoms with Gasteiger partial charge in [-0.25, -0.2) is 4.98 Å². The highest BCUT2D eigenvalue weighted by Gasteiger charge is 2.08. The van der Waals surface area contributed by atoms with E-state index in [0.29, 0.717) is 11.6 Å². The number of halogens is 1. The first-order valence-corrected chi connectivity index (χ1v) is 8.61. The van der Waals surface area contributed by atoms with E-state index >= 15 is 0 Å². The first-order valence-electron chi connectivity index (χ1n) is 7.36. The Bertz CT molecular complexity index is 863. The Labute approximate surface area is 148 Å². The number of carboxylic acids is 1. The maximum atomic E-state index is 10.8. The number of carbonyl (C=O) groups is 1. The lowest BCUT2D eigenvalue weighted by Crippen LogP contribution is -2.02. The van der Waals surface area contributed by atoms with Crippen molar-refractivity contribution in [1.82, 2.24) is 4.98 Å². The van der Waals surface area contributed by atoms with Crippen LogP contribution in [0.2, 0.25) is 5.02 Å². The molecule has 6 heteroatoms. The van der Waals surface area contributed by atoms with Crippen LogP contribution in [0, 0.1) is 0 Å². The van der Waals surface area contributed by atoms with Gasteiger partial charge in [0.1, 0.15) is 5.01 Å². The molecular weight excluding hydrogens is 344 g/mol. The van der Waals surface area contributed by atoms with E-state index in [1.807, 2.05) is 47.8 Å². The Morgan fingerprint density at radius 1 is 1.21 bits per heavy atom. The monoisotopic (exact) mass is 358 g/mol. The minimum atomic E-state index is -0.837. The summed E-state index contributed by atoms with van der Waals surface area (Å²) in [6.07, 6.45) is 0.0173. The minimum absolute atomic E-state index is 0.0173. The molecule has 0 saturated heterocycles. The first-order chi connectivity index (χ1) is 11.6. The van der Waals surface area contributed by atoms with Crippen LogP contribution in [0.25, 0.3) is 11.3 Å². The molecule has 3 aromatic rings. The first kappa shape index (κ1) is 16.5. The molecule has 0 aliphatic heterocycles. The van der Waals surface area contributed by atoms with Crippen LogP contribution in [0.3, 0.4) is 0 Å². The summed E-state index contributed by atoms with van der Waals surface area (Å²) in [5.41, 5.74) is 3.43. The molecule has 0 unspecified atom stereocenters. The number of aliphatic carboxylic acids is 1. The minimum Gasteiger partial charge on any atom is -0.481 e. The summed E-state index contributed by atoms with van der Waals surface area (Å²) in [5, 5.41) is 15.7. The Balaban J connectivity index is 1.68. The molecule has 0 bridgehead atoms. The second-order valence-electron chi connectivity index (χ2n) is 5.23. The molecule has 0 amide bonds. The summed E-state index contributed by atoms with van der Waals surface area (Å²) in [7, 11) is 0. The van der Waals surface area contributed by atoms with Gasteiger partial charge < -0.3 is 10.4 Å². The molecule has 0 atom stereocenters. The van der Waals surface area contributed by atoms with E-state index in [-0.39, 0.29) is 6.42 Å². The van der Waals surface area contributed by atoms with Crippen LogP contribution in [0.1, 0.15) is 10.6 Å². The highest BCUT2D eigenvalue weighted by atomic mass is 35.5. The van der Waals surface area contributed by atoms with Gasteiger partial charge in [0.2, 0.25) is 0 Å². The summed E-state index contributed by atoms with van der Waals surface area (Å²) in [5.74, 6) is -0.837. The van der Waals surface area contributed by atoms with E-state index in [4.69, 9.17) is 16.7 Å². The van der Waals surface area contributed by atoms with Crippen molar-refractivity contribution in [3.63, 3.8) is 0 Å². The zero-order valence-electron chi connectivity index (χ0n) is 12.7. The van der Waals surface area contributed by atoms with E-state index in [1.165, 1.54) is 0 Å². The molecule has 0 aliphatic carbocycles. The third kappa shape index (κ3) is 4.13. The number of carboxylic acid groups (broad SMARTS) is 1. The van der Waals surface area contributed by atoms with E-state index in [2.05, 4.69) is 10.3 Å². The van der Waals surface area contributed by atoms with Crippen molar-refractivity contribution in [2.24, 2.45) is 0 Å². The summed E-state index contributed by atoms with van der Waals surface area (Å²) in [6.45, 7) is 0.575. The van der Waals surface area contributed by atoms with Crippen LogP contribution in [0.4, 0.5) is 5.69 Å². The van der Waals surface area contributed by atoms with Crippen molar-refractivity contribution in [3.8, 4) is 11.3 Å². The second-order valence-corrected chi connectivity index (χ2v) is 6.58. The van der Waals surface area contributed by atoms with Crippen LogP contribution in [0.15, 0.2) is 53.9 Å². The maximum absolute atomic E-state index is 10.8. The Kier molecular flexibility index (Phi) is 5.13. The van der Waals surface area contributed by atoms with Gasteiger partial charge in [0.05, 0.1) is 18.7 Å². The van der Waals surface area contributed by atoms with Crippen molar-refractivity contribution < 1.29 is 9.90 Å². The summed E-state index contributed by atoms with van der Waals surface area (Å²) in [4.78, 5) is 15.4. The van der Waals surface area contributed by atoms with Crippen molar-refractivity contribution in [2.75, 3.05) is 5.32 Å². The SMILES string of the molecule is O=C(O)Cc1cccc(NCc2nc(-c3ccccc3Cl)cs2)c1. The largest absolute Gasteiger partial charge is 0.481 e. The lowest BCUT2D eigenvalue weighted by Gasteiger charge is -2.06. The molecule has 2 aromatic carbocycles. The van der Waals surface area contributed by atoms with E-state index < -0.39 is 5.97 Å². The number of thiazole rings is 1. The molecule has 0 saturated carbocycles. The number of hydrogen-bond acceptors (Lipinski definition) is 4. The highest BCUT2D eigenvalue weighted by Crippen LogP contribution is 2.28. The second kappa shape index (κ2) is 7.47. The third-order valence-electron chi connectivity index (χ3n) is 3.43. The number of anilines is 1. The van der Waals surface area contributed by atoms with Gasteiger partial charge >= 0.3 is 5.97 Å². The average molecular weight is 359 g/mol. The predicted octanol–water partition coefficient (Wildman–Crippen LogP) is 4.70. The summed E-state index contributed by atoms with van der Waals surface area (Å²) >= 11 is 7.76. The van der Waals surface area contributed by atoms with Gasteiger partial charge in [-0.3, -0.25) is 4.79 Å². The molecule has 2 N–H and O–H groups in total. The van der Waals surface area contributed by atoms with Gasteiger partial charge in [-0.15, -0.1) is 11.3 Å². The van der Waals surface area contributed by atoms with E-state index in [9.17, 15) is 4.79 Å². The van der Waals surface area contributed by atoms with Crippen molar-refractivity contribution in [3.05, 3.63) is 69.5 Å². The average Bonchev–Trinajstić information content (AvgIpc) is 3.02. The summed E-state index contributed by atoms with van der Waals surface area (Å²) in [6, 6.07) is 15.0. The Morgan fingerprint density at radius 3 is 2.83 bits per heavy atom. The fourth-order valence-electron chi connectivity index (χ4n) is 2.33. The van der Waals surface area contributed by atoms with Gasteiger partial charge in [-0.1, -0.05) is 41.9 Å². The maximum Gasteiger partial charge on any atom is 0.307 e. The lowest BCUT2D eigenvalue weighted by molar-refractivity contribution is -0.136. The van der Waals surface area contributed by atoms with Crippen molar-refractivity contribution >= 4 is 34.6 Å². The van der Waals surface area contributed by atoms with Gasteiger partial charge in [-0.05, 0) is 23.8 Å². The number of benzene rings is 2. The zero-order valence-corrected chi connectivity index (χ0v) is 14.3. The van der Waals surface area contributed by atoms with E-state index in [1.54, 1.807) is 17.4 Å². The molecule has 1 heterocycles. The molecular formula is C18H15ClN2O2S. The Morgan fingerprint density at radius 2 is 2.04 bits per heavy atom. The zero-order chi connectivity index (χ0) is 16.9. The van der Waals surface area contributed by atoms with Crippen molar-refractivity contribution in [2.45, 2.75) is 13.0 Å². The fourth-order valence-corrected chi connectivity index (χ4v) is 3.29. The van der Waals surface area contributed by atoms with Crippen LogP contribution < -0.4 is 5.32 Å². The third-order valence-corrected chi connectivity index (χ3v) is 4.61. The van der Waals surface area contributed by atoms with Crippen LogP contribution in [-0.4, -0.2) is 16.1 Å². The van der Waals surface area contributed by atoms with Crippen LogP contribution in [-0.2, 0) is 17.8 Å². The fraction of sp³-hybridized carbons (Fsp3) is 0.111. The van der Waals surface area contributed by atoms with Gasteiger partial charge in [0.15, 0.2) is 0 Å². The lowest BCUT2D eigenvalue weighted by atomic mass is 10.1. The molecule has 24 heavy (non-hydrogen) atoms. The van der Waals surface area contributed by atoms with Gasteiger partial charge in [0, 0.05) is 21.7 Å². The smallest absolute Gasteiger partial charge is 0.307 e. The standard InChI is InChI=1S/C18H15ClN2O2S/c19-15-7-2-1-6-14(15)16-11-24-17(21-16)10-20-13-5-3-4-12(8-13)9-18(22)23/h1-8,11,20H,9-10H2,(H,22,23). The number of rotatable bonds is 6. The van der Waals surface area contributed by atoms with Gasteiger partial charge in [0.25, 0.3) is 0 Å². The highest BCUT2D eigenvalue weighted by molar-refractivity contribution is 7.10. The van der Waals surface area contributed by atoms with Crippen LogP contribution in [0.5, 0.6) is 0 Å². The predicted molar refractivity (Wildman–Crippen MR) is 97.7 cm³/mol. The molecule has 1 aromatic heterocycles. The molecule has 4 nitrogen and oxygen atoms in total.